The second kappa shape index (κ2) is 8.36. The Balaban J connectivity index is 0.00000121. The minimum atomic E-state index is 0. The molecule has 1 atom stereocenters. The number of rotatable bonds is 5. The number of nitrogens with zero attached hydrogens (tertiary/aromatic N) is 2. The maximum Gasteiger partial charge on any atom is 0.223 e. The third kappa shape index (κ3) is 4.12. The number of pyridine rings is 1. The Labute approximate surface area is 142 Å². The first kappa shape index (κ1) is 18.7. The molecule has 0 bridgehead atoms. The first-order chi connectivity index (χ1) is 9.74. The van der Waals surface area contributed by atoms with Crippen molar-refractivity contribution in [1.82, 2.24) is 20.0 Å². The van der Waals surface area contributed by atoms with Gasteiger partial charge < -0.3 is 15.0 Å². The molecule has 1 amide bonds. The predicted molar refractivity (Wildman–Crippen MR) is 91.9 cm³/mol. The Morgan fingerprint density at radius 2 is 2.23 bits per heavy atom. The van der Waals surface area contributed by atoms with Gasteiger partial charge in [-0.2, -0.15) is 0 Å². The summed E-state index contributed by atoms with van der Waals surface area (Å²) in [4.78, 5) is 16.5. The van der Waals surface area contributed by atoms with Crippen LogP contribution in [0.25, 0.3) is 5.65 Å². The number of amides is 1. The second-order valence-corrected chi connectivity index (χ2v) is 5.45. The Kier molecular flexibility index (Phi) is 7.13. The van der Waals surface area contributed by atoms with Gasteiger partial charge >= 0.3 is 0 Å². The van der Waals surface area contributed by atoms with Crippen molar-refractivity contribution in [3.63, 3.8) is 0 Å². The number of halogens is 2. The molecule has 3 rings (SSSR count). The average molecular weight is 345 g/mol. The molecule has 1 fully saturated rings. The Hall–Kier alpha value is -1.30. The summed E-state index contributed by atoms with van der Waals surface area (Å²) in [6.07, 6.45) is 4.76. The van der Waals surface area contributed by atoms with E-state index in [9.17, 15) is 4.79 Å². The highest BCUT2D eigenvalue weighted by Gasteiger charge is 2.28. The van der Waals surface area contributed by atoms with E-state index in [2.05, 4.69) is 15.6 Å². The highest BCUT2D eigenvalue weighted by Crippen LogP contribution is 2.15. The topological polar surface area (TPSA) is 58.4 Å². The number of fused-ring (bicyclic) bond motifs is 1. The molecule has 0 radical (unpaired) electrons. The van der Waals surface area contributed by atoms with Gasteiger partial charge in [0.25, 0.3) is 0 Å². The third-order valence-electron chi connectivity index (χ3n) is 4.03. The average Bonchev–Trinajstić information content (AvgIpc) is 2.79. The van der Waals surface area contributed by atoms with Gasteiger partial charge in [-0.05, 0) is 31.1 Å². The Bertz CT molecular complexity index is 579. The quantitative estimate of drug-likeness (QED) is 0.867. The van der Waals surface area contributed by atoms with E-state index >= 15 is 0 Å². The summed E-state index contributed by atoms with van der Waals surface area (Å²) in [6, 6.07) is 5.94. The molecule has 0 saturated carbocycles. The molecule has 22 heavy (non-hydrogen) atoms. The first-order valence-electron chi connectivity index (χ1n) is 7.15. The van der Waals surface area contributed by atoms with Crippen LogP contribution in [-0.2, 0) is 11.2 Å². The largest absolute Gasteiger partial charge is 0.355 e. The molecule has 2 N–H and O–H groups in total. The molecular weight excluding hydrogens is 323 g/mol. The van der Waals surface area contributed by atoms with Crippen LogP contribution >= 0.6 is 24.8 Å². The van der Waals surface area contributed by atoms with Crippen molar-refractivity contribution in [3.05, 3.63) is 36.3 Å². The normalized spacial score (nSPS) is 15.3. The molecule has 2 aromatic heterocycles. The highest BCUT2D eigenvalue weighted by atomic mass is 35.5. The molecule has 2 aromatic rings. The summed E-state index contributed by atoms with van der Waals surface area (Å²) in [5, 5.41) is 6.21. The second-order valence-electron chi connectivity index (χ2n) is 5.45. The molecule has 1 aliphatic heterocycles. The first-order valence-corrected chi connectivity index (χ1v) is 7.15. The summed E-state index contributed by atoms with van der Waals surface area (Å²) in [5.74, 6) is 0.739. The molecule has 1 aliphatic rings. The number of aromatic nitrogens is 2. The zero-order valence-electron chi connectivity index (χ0n) is 12.5. The van der Waals surface area contributed by atoms with E-state index in [1.54, 1.807) is 0 Å². The zero-order valence-corrected chi connectivity index (χ0v) is 14.1. The van der Waals surface area contributed by atoms with Crippen LogP contribution in [0, 0.1) is 11.8 Å². The summed E-state index contributed by atoms with van der Waals surface area (Å²) in [5.41, 5.74) is 1.96. The predicted octanol–water partition coefficient (Wildman–Crippen LogP) is 1.69. The van der Waals surface area contributed by atoms with Crippen molar-refractivity contribution < 1.29 is 4.79 Å². The van der Waals surface area contributed by atoms with E-state index in [0.29, 0.717) is 12.5 Å². The molecule has 3 heterocycles. The third-order valence-corrected chi connectivity index (χ3v) is 4.03. The fourth-order valence-corrected chi connectivity index (χ4v) is 2.46. The molecule has 7 heteroatoms. The van der Waals surface area contributed by atoms with Crippen LogP contribution in [0.3, 0.4) is 0 Å². The number of hydrogen-bond donors (Lipinski definition) is 2. The summed E-state index contributed by atoms with van der Waals surface area (Å²) >= 11 is 0. The van der Waals surface area contributed by atoms with Crippen LogP contribution in [0.1, 0.15) is 12.6 Å². The lowest BCUT2D eigenvalue weighted by Crippen LogP contribution is -2.49. The van der Waals surface area contributed by atoms with E-state index in [4.69, 9.17) is 0 Å². The van der Waals surface area contributed by atoms with Crippen LogP contribution < -0.4 is 10.6 Å². The van der Waals surface area contributed by atoms with Gasteiger partial charge in [-0.25, -0.2) is 4.98 Å². The van der Waals surface area contributed by atoms with E-state index in [-0.39, 0.29) is 36.6 Å². The van der Waals surface area contributed by atoms with Crippen molar-refractivity contribution in [2.45, 2.75) is 13.3 Å². The van der Waals surface area contributed by atoms with Gasteiger partial charge in [-0.15, -0.1) is 24.8 Å². The lowest BCUT2D eigenvalue weighted by atomic mass is 9.88. The molecule has 122 valence electrons. The van der Waals surface area contributed by atoms with Crippen molar-refractivity contribution in [3.8, 4) is 0 Å². The summed E-state index contributed by atoms with van der Waals surface area (Å²) in [6.45, 7) is 4.57. The number of nitrogens with one attached hydrogen (secondary N) is 2. The maximum atomic E-state index is 12.0. The minimum Gasteiger partial charge on any atom is -0.355 e. The van der Waals surface area contributed by atoms with Gasteiger partial charge in [-0.3, -0.25) is 4.79 Å². The van der Waals surface area contributed by atoms with Crippen LogP contribution in [0.4, 0.5) is 0 Å². The number of imidazole rings is 1. The highest BCUT2D eigenvalue weighted by molar-refractivity contribution is 5.85. The van der Waals surface area contributed by atoms with E-state index in [1.807, 2.05) is 41.9 Å². The van der Waals surface area contributed by atoms with Gasteiger partial charge in [-0.1, -0.05) is 13.0 Å². The van der Waals surface area contributed by atoms with E-state index < -0.39 is 0 Å². The number of carbonyl (C=O) groups excluding carboxylic acids is 1. The SMILES string of the molecule is CC(C(=O)NCCc1cn2ccccc2n1)C1CNC1.Cl.Cl. The standard InChI is InChI=1S/C15H20N4O.2ClH/c1-11(12-8-16-9-12)15(20)17-6-5-13-10-19-7-3-2-4-14(19)18-13;;/h2-4,7,10-12,16H,5-6,8-9H2,1H3,(H,17,20);2*1H. The molecular formula is C15H22Cl2N4O. The Morgan fingerprint density at radius 1 is 1.45 bits per heavy atom. The van der Waals surface area contributed by atoms with Gasteiger partial charge in [0.1, 0.15) is 5.65 Å². The molecule has 0 spiro atoms. The fourth-order valence-electron chi connectivity index (χ4n) is 2.46. The van der Waals surface area contributed by atoms with Crippen LogP contribution in [0.15, 0.2) is 30.6 Å². The van der Waals surface area contributed by atoms with Crippen molar-refractivity contribution in [2.75, 3.05) is 19.6 Å². The number of hydrogen-bond acceptors (Lipinski definition) is 3. The number of carbonyl (C=O) groups is 1. The lowest BCUT2D eigenvalue weighted by Gasteiger charge is -2.31. The molecule has 0 aliphatic carbocycles. The smallest absolute Gasteiger partial charge is 0.223 e. The molecule has 1 unspecified atom stereocenters. The van der Waals surface area contributed by atoms with Crippen LogP contribution in [-0.4, -0.2) is 34.9 Å². The van der Waals surface area contributed by atoms with Crippen molar-refractivity contribution >= 4 is 36.4 Å². The van der Waals surface area contributed by atoms with Crippen molar-refractivity contribution in [2.24, 2.45) is 11.8 Å². The Morgan fingerprint density at radius 3 is 2.86 bits per heavy atom. The van der Waals surface area contributed by atoms with Gasteiger partial charge in [0.05, 0.1) is 5.69 Å². The van der Waals surface area contributed by atoms with Crippen molar-refractivity contribution in [1.29, 1.82) is 0 Å². The zero-order chi connectivity index (χ0) is 13.9. The summed E-state index contributed by atoms with van der Waals surface area (Å²) in [7, 11) is 0. The minimum absolute atomic E-state index is 0. The maximum absolute atomic E-state index is 12.0. The van der Waals surface area contributed by atoms with Gasteiger partial charge in [0.15, 0.2) is 0 Å². The molecule has 5 nitrogen and oxygen atoms in total. The lowest BCUT2D eigenvalue weighted by molar-refractivity contribution is -0.126. The molecule has 1 saturated heterocycles. The van der Waals surface area contributed by atoms with E-state index in [1.165, 1.54) is 0 Å². The molecule has 0 aromatic carbocycles. The van der Waals surface area contributed by atoms with Gasteiger partial charge in [0, 0.05) is 31.3 Å². The van der Waals surface area contributed by atoms with Gasteiger partial charge in [0.2, 0.25) is 5.91 Å². The monoisotopic (exact) mass is 344 g/mol. The van der Waals surface area contributed by atoms with Crippen LogP contribution in [0.2, 0.25) is 0 Å². The summed E-state index contributed by atoms with van der Waals surface area (Å²) < 4.78 is 2.00. The van der Waals surface area contributed by atoms with Crippen LogP contribution in [0.5, 0.6) is 0 Å². The fraction of sp³-hybridized carbons (Fsp3) is 0.467. The van der Waals surface area contributed by atoms with E-state index in [0.717, 1.165) is 30.9 Å².